The van der Waals surface area contributed by atoms with Gasteiger partial charge in [-0.2, -0.15) is 5.10 Å². The van der Waals surface area contributed by atoms with Gasteiger partial charge in [-0.25, -0.2) is 5.43 Å². The third-order valence-corrected chi connectivity index (χ3v) is 2.64. The van der Waals surface area contributed by atoms with Crippen LogP contribution < -0.4 is 30.2 Å². The van der Waals surface area contributed by atoms with Gasteiger partial charge in [-0.15, -0.1) is 0 Å². The fourth-order valence-electron chi connectivity index (χ4n) is 1.59. The fourth-order valence-corrected chi connectivity index (χ4v) is 1.59. The van der Waals surface area contributed by atoms with Crippen molar-refractivity contribution in [3.8, 4) is 11.5 Å². The van der Waals surface area contributed by atoms with E-state index in [-0.39, 0.29) is 68.8 Å². The fraction of sp³-hybridized carbons (Fsp3) is 0.0714. The first kappa shape index (κ1) is 27.2. The van der Waals surface area contributed by atoms with Crippen molar-refractivity contribution >= 4 is 11.6 Å². The summed E-state index contributed by atoms with van der Waals surface area (Å²) in [5.41, 5.74) is 3.67. The Labute approximate surface area is 165 Å². The third-order valence-electron chi connectivity index (χ3n) is 2.64. The Hall–Kier alpha value is -1.66. The molecule has 0 aliphatic heterocycles. The SMILES string of the molecule is C/C(=N\NC(=O)c1ccncc1)c1ccc(O)cc1O.[Cl-].[Cl-].[Mo].[O-2]. The Balaban J connectivity index is -0.00000110. The van der Waals surface area contributed by atoms with E-state index in [0.717, 1.165) is 0 Å². The zero-order chi connectivity index (χ0) is 14.5. The number of phenols is 2. The molecular weight excluding hydrogens is 441 g/mol. The van der Waals surface area contributed by atoms with Crippen LogP contribution in [0.15, 0.2) is 47.8 Å². The van der Waals surface area contributed by atoms with Crippen LogP contribution in [0.4, 0.5) is 0 Å². The number of carbonyl (C=O) groups excluding carboxylic acids is 1. The topological polar surface area (TPSA) is 123 Å². The second kappa shape index (κ2) is 12.7. The Bertz CT molecular complexity index is 672. The second-order valence-corrected chi connectivity index (χ2v) is 4.08. The number of aromatic nitrogens is 1. The first-order valence-corrected chi connectivity index (χ1v) is 5.85. The van der Waals surface area contributed by atoms with Crippen LogP contribution in [0.25, 0.3) is 0 Å². The molecule has 0 radical (unpaired) electrons. The molecule has 0 aliphatic carbocycles. The van der Waals surface area contributed by atoms with Crippen molar-refractivity contribution in [3.63, 3.8) is 0 Å². The van der Waals surface area contributed by atoms with E-state index in [1.807, 2.05) is 0 Å². The third kappa shape index (κ3) is 7.27. The smallest absolute Gasteiger partial charge is 0.271 e. The van der Waals surface area contributed by atoms with Gasteiger partial charge >= 0.3 is 0 Å². The van der Waals surface area contributed by atoms with Crippen LogP contribution in [-0.2, 0) is 26.5 Å². The molecule has 132 valence electrons. The van der Waals surface area contributed by atoms with Crippen LogP contribution in [-0.4, -0.2) is 26.8 Å². The van der Waals surface area contributed by atoms with Gasteiger partial charge in [-0.3, -0.25) is 9.78 Å². The number of rotatable bonds is 3. The summed E-state index contributed by atoms with van der Waals surface area (Å²) in [5.74, 6) is -0.519. The van der Waals surface area contributed by atoms with Crippen molar-refractivity contribution in [1.82, 2.24) is 10.4 Å². The summed E-state index contributed by atoms with van der Waals surface area (Å²) in [5, 5.41) is 22.8. The Morgan fingerprint density at radius 2 is 1.71 bits per heavy atom. The molecule has 0 saturated heterocycles. The van der Waals surface area contributed by atoms with Crippen LogP contribution in [0.3, 0.4) is 0 Å². The molecule has 1 aromatic heterocycles. The van der Waals surface area contributed by atoms with E-state index in [1.54, 1.807) is 19.1 Å². The van der Waals surface area contributed by atoms with Crippen LogP contribution in [0, 0.1) is 0 Å². The summed E-state index contributed by atoms with van der Waals surface area (Å²) >= 11 is 0. The number of phenolic OH excluding ortho intramolecular Hbond substituents is 2. The normalized spacial score (nSPS) is 9.29. The number of amides is 1. The molecule has 0 spiro atoms. The molecule has 1 aromatic carbocycles. The van der Waals surface area contributed by atoms with Crippen LogP contribution in [0.1, 0.15) is 22.8 Å². The van der Waals surface area contributed by atoms with Gasteiger partial charge in [0.05, 0.1) is 5.71 Å². The molecule has 3 N–H and O–H groups in total. The number of benzene rings is 1. The summed E-state index contributed by atoms with van der Waals surface area (Å²) in [6.07, 6.45) is 3.02. The molecule has 0 atom stereocenters. The average molecular weight is 454 g/mol. The minimum Gasteiger partial charge on any atom is -2.00 e. The first-order valence-electron chi connectivity index (χ1n) is 5.85. The number of halogens is 2. The van der Waals surface area contributed by atoms with E-state index in [1.165, 1.54) is 30.6 Å². The first-order chi connectivity index (χ1) is 9.58. The molecule has 0 saturated carbocycles. The van der Waals surface area contributed by atoms with E-state index < -0.39 is 0 Å². The summed E-state index contributed by atoms with van der Waals surface area (Å²) in [6.45, 7) is 1.64. The van der Waals surface area contributed by atoms with Gasteiger partial charge in [0.25, 0.3) is 5.91 Å². The molecule has 2 aromatic rings. The monoisotopic (exact) mass is 455 g/mol. The predicted octanol–water partition coefficient (Wildman–Crippen LogP) is -4.47. The number of pyridine rings is 1. The molecule has 24 heavy (non-hydrogen) atoms. The van der Waals surface area contributed by atoms with Gasteiger partial charge in [-0.1, -0.05) is 0 Å². The Morgan fingerprint density at radius 1 is 1.12 bits per heavy atom. The molecular formula is C14H13Cl2MoN3O4-4. The quantitative estimate of drug-likeness (QED) is 0.246. The largest absolute Gasteiger partial charge is 2.00 e. The van der Waals surface area contributed by atoms with Gasteiger partial charge in [0.1, 0.15) is 11.5 Å². The van der Waals surface area contributed by atoms with Gasteiger partial charge in [0.15, 0.2) is 0 Å². The number of aromatic hydroxyl groups is 2. The maximum atomic E-state index is 11.8. The average Bonchev–Trinajstić information content (AvgIpc) is 2.45. The molecule has 10 heteroatoms. The van der Waals surface area contributed by atoms with Gasteiger partial charge < -0.3 is 40.5 Å². The maximum absolute atomic E-state index is 11.8. The zero-order valence-electron chi connectivity index (χ0n) is 12.3. The van der Waals surface area contributed by atoms with Crippen molar-refractivity contribution < 1.29 is 66.4 Å². The number of hydrogen-bond donors (Lipinski definition) is 3. The van der Waals surface area contributed by atoms with Gasteiger partial charge in [-0.05, 0) is 31.2 Å². The summed E-state index contributed by atoms with van der Waals surface area (Å²) in [6, 6.07) is 7.29. The van der Waals surface area contributed by atoms with E-state index in [2.05, 4.69) is 15.5 Å². The van der Waals surface area contributed by atoms with Gasteiger partial charge in [0, 0.05) is 50.7 Å². The van der Waals surface area contributed by atoms with Crippen LogP contribution in [0.2, 0.25) is 0 Å². The number of hydrogen-bond acceptors (Lipinski definition) is 5. The molecule has 0 unspecified atom stereocenters. The summed E-state index contributed by atoms with van der Waals surface area (Å²) in [4.78, 5) is 15.6. The van der Waals surface area contributed by atoms with Gasteiger partial charge in [0.2, 0.25) is 0 Å². The molecule has 1 amide bonds. The molecule has 0 aliphatic rings. The van der Waals surface area contributed by atoms with E-state index in [0.29, 0.717) is 16.8 Å². The van der Waals surface area contributed by atoms with Crippen LogP contribution >= 0.6 is 0 Å². The molecule has 2 rings (SSSR count). The Kier molecular flexibility index (Phi) is 14.4. The molecule has 0 fully saturated rings. The zero-order valence-corrected chi connectivity index (χ0v) is 15.8. The van der Waals surface area contributed by atoms with Crippen LogP contribution in [0.5, 0.6) is 11.5 Å². The number of carbonyl (C=O) groups is 1. The summed E-state index contributed by atoms with van der Waals surface area (Å²) < 4.78 is 0. The standard InChI is InChI=1S/C14H13N3O3.2ClH.Mo.O/c1-9(12-3-2-11(18)8-13(12)19)16-17-14(20)10-4-6-15-7-5-10;;;;/h2-8,18-19H,1H3,(H,17,20);2*1H;;/q;;;;-2/p-2/b16-9+;;;;. The van der Waals surface area contributed by atoms with Crippen molar-refractivity contribution in [1.29, 1.82) is 0 Å². The van der Waals surface area contributed by atoms with Crippen molar-refractivity contribution in [2.24, 2.45) is 5.10 Å². The molecule has 1 heterocycles. The maximum Gasteiger partial charge on any atom is 0.271 e. The number of nitrogens with one attached hydrogen (secondary N) is 1. The van der Waals surface area contributed by atoms with Crippen molar-refractivity contribution in [2.75, 3.05) is 0 Å². The second-order valence-electron chi connectivity index (χ2n) is 4.08. The molecule has 7 nitrogen and oxygen atoms in total. The molecule has 0 bridgehead atoms. The van der Waals surface area contributed by atoms with E-state index in [4.69, 9.17) is 0 Å². The van der Waals surface area contributed by atoms with Crippen molar-refractivity contribution in [2.45, 2.75) is 6.92 Å². The Morgan fingerprint density at radius 3 is 2.25 bits per heavy atom. The predicted molar refractivity (Wildman–Crippen MR) is 74.4 cm³/mol. The number of hydrazone groups is 1. The number of nitrogens with zero attached hydrogens (tertiary/aromatic N) is 2. The van der Waals surface area contributed by atoms with E-state index >= 15 is 0 Å². The summed E-state index contributed by atoms with van der Waals surface area (Å²) in [7, 11) is 0. The minimum absolute atomic E-state index is 0. The van der Waals surface area contributed by atoms with Crippen molar-refractivity contribution in [3.05, 3.63) is 53.9 Å². The van der Waals surface area contributed by atoms with E-state index in [9.17, 15) is 15.0 Å². The minimum atomic E-state index is -0.370.